The second-order valence-electron chi connectivity index (χ2n) is 4.41. The van der Waals surface area contributed by atoms with Crippen molar-refractivity contribution in [2.45, 2.75) is 18.9 Å². The van der Waals surface area contributed by atoms with Gasteiger partial charge in [-0.25, -0.2) is 0 Å². The fourth-order valence-electron chi connectivity index (χ4n) is 2.01. The minimum atomic E-state index is 0.605. The second kappa shape index (κ2) is 4.77. The molecule has 1 N–H and O–H groups in total. The zero-order valence-corrected chi connectivity index (χ0v) is 9.61. The molecule has 1 aromatic heterocycles. The Hall–Kier alpha value is -0.870. The van der Waals surface area contributed by atoms with E-state index < -0.39 is 0 Å². The lowest BCUT2D eigenvalue weighted by Gasteiger charge is -2.36. The molecule has 1 saturated heterocycles. The van der Waals surface area contributed by atoms with Gasteiger partial charge < -0.3 is 10.2 Å². The van der Waals surface area contributed by atoms with Gasteiger partial charge in [0.05, 0.1) is 12.2 Å². The summed E-state index contributed by atoms with van der Waals surface area (Å²) < 4.78 is 2.12. The van der Waals surface area contributed by atoms with Crippen molar-refractivity contribution >= 4 is 0 Å². The number of hydrogen-bond acceptors (Lipinski definition) is 3. The van der Waals surface area contributed by atoms with Crippen LogP contribution in [0.1, 0.15) is 18.0 Å². The largest absolute Gasteiger partial charge is 0.320 e. The van der Waals surface area contributed by atoms with E-state index in [0.717, 1.165) is 26.1 Å². The van der Waals surface area contributed by atoms with Gasteiger partial charge in [0.2, 0.25) is 0 Å². The van der Waals surface area contributed by atoms with E-state index in [-0.39, 0.29) is 0 Å². The van der Waals surface area contributed by atoms with E-state index >= 15 is 0 Å². The number of likely N-dealkylation sites (N-methyl/N-ethyl adjacent to an activating group) is 1. The van der Waals surface area contributed by atoms with E-state index in [2.05, 4.69) is 33.2 Å². The molecule has 1 aliphatic heterocycles. The minimum absolute atomic E-state index is 0.605. The maximum Gasteiger partial charge on any atom is 0.0772 e. The lowest BCUT2D eigenvalue weighted by Crippen LogP contribution is -2.45. The van der Waals surface area contributed by atoms with Gasteiger partial charge in [-0.15, -0.1) is 0 Å². The smallest absolute Gasteiger partial charge is 0.0772 e. The first kappa shape index (κ1) is 10.6. The molecular formula is C11H20N4. The molecule has 0 bridgehead atoms. The van der Waals surface area contributed by atoms with Gasteiger partial charge in [-0.3, -0.25) is 4.68 Å². The molecule has 0 saturated carbocycles. The Balaban J connectivity index is 1.82. The fourth-order valence-corrected chi connectivity index (χ4v) is 2.01. The predicted molar refractivity (Wildman–Crippen MR) is 61.0 cm³/mol. The number of aromatic nitrogens is 2. The Labute approximate surface area is 91.3 Å². The van der Waals surface area contributed by atoms with E-state index in [1.54, 1.807) is 0 Å². The summed E-state index contributed by atoms with van der Waals surface area (Å²) in [6, 6.07) is 0.605. The monoisotopic (exact) mass is 208 g/mol. The van der Waals surface area contributed by atoms with Gasteiger partial charge in [0, 0.05) is 19.3 Å². The average Bonchev–Trinajstić information content (AvgIpc) is 2.62. The Morgan fingerprint density at radius 2 is 2.33 bits per heavy atom. The Morgan fingerprint density at radius 1 is 1.53 bits per heavy atom. The summed E-state index contributed by atoms with van der Waals surface area (Å²) in [6.45, 7) is 3.35. The topological polar surface area (TPSA) is 33.1 Å². The third-order valence-electron chi connectivity index (χ3n) is 2.97. The highest BCUT2D eigenvalue weighted by atomic mass is 15.4. The van der Waals surface area contributed by atoms with Crippen molar-refractivity contribution in [3.63, 3.8) is 0 Å². The van der Waals surface area contributed by atoms with Crippen LogP contribution in [0.15, 0.2) is 12.4 Å². The first-order valence-electron chi connectivity index (χ1n) is 5.66. The number of rotatable bonds is 5. The van der Waals surface area contributed by atoms with Gasteiger partial charge in [0.25, 0.3) is 0 Å². The molecule has 0 radical (unpaired) electrons. The molecule has 0 spiro atoms. The molecule has 4 nitrogen and oxygen atoms in total. The van der Waals surface area contributed by atoms with Crippen LogP contribution in [0.5, 0.6) is 0 Å². The van der Waals surface area contributed by atoms with Crippen LogP contribution in [0.4, 0.5) is 0 Å². The summed E-state index contributed by atoms with van der Waals surface area (Å²) in [5.74, 6) is 0. The highest BCUT2D eigenvalue weighted by molar-refractivity contribution is 5.05. The first-order valence-corrected chi connectivity index (χ1v) is 5.66. The fraction of sp³-hybridized carbons (Fsp3) is 0.727. The van der Waals surface area contributed by atoms with Gasteiger partial charge in [-0.1, -0.05) is 0 Å². The quantitative estimate of drug-likeness (QED) is 0.716. The first-order chi connectivity index (χ1) is 7.29. The zero-order chi connectivity index (χ0) is 10.7. The maximum absolute atomic E-state index is 4.42. The summed E-state index contributed by atoms with van der Waals surface area (Å²) in [4.78, 5) is 2.31. The average molecular weight is 208 g/mol. The van der Waals surface area contributed by atoms with Crippen LogP contribution in [0.25, 0.3) is 0 Å². The third kappa shape index (κ3) is 2.58. The van der Waals surface area contributed by atoms with E-state index in [0.29, 0.717) is 6.04 Å². The molecular weight excluding hydrogens is 188 g/mol. The normalized spacial score (nSPS) is 18.0. The maximum atomic E-state index is 4.42. The van der Waals surface area contributed by atoms with E-state index in [9.17, 15) is 0 Å². The second-order valence-corrected chi connectivity index (χ2v) is 4.41. The molecule has 15 heavy (non-hydrogen) atoms. The summed E-state index contributed by atoms with van der Waals surface area (Å²) in [6.07, 6.45) is 6.53. The molecule has 0 aliphatic carbocycles. The van der Waals surface area contributed by atoms with Crippen molar-refractivity contribution in [2.24, 2.45) is 0 Å². The van der Waals surface area contributed by atoms with Crippen molar-refractivity contribution in [2.75, 3.05) is 33.7 Å². The van der Waals surface area contributed by atoms with Crippen LogP contribution >= 0.6 is 0 Å². The van der Waals surface area contributed by atoms with Gasteiger partial charge in [-0.05, 0) is 39.0 Å². The summed E-state index contributed by atoms with van der Waals surface area (Å²) >= 11 is 0. The Kier molecular flexibility index (Phi) is 3.38. The molecule has 2 rings (SSSR count). The highest BCUT2D eigenvalue weighted by Crippen LogP contribution is 2.18. The van der Waals surface area contributed by atoms with Gasteiger partial charge in [-0.2, -0.15) is 5.10 Å². The highest BCUT2D eigenvalue weighted by Gasteiger charge is 2.25. The SMILES string of the molecule is CNCCCc1cnn(C2CN(C)C2)c1. The minimum Gasteiger partial charge on any atom is -0.320 e. The van der Waals surface area contributed by atoms with Crippen molar-refractivity contribution in [3.05, 3.63) is 18.0 Å². The molecule has 1 aliphatic rings. The van der Waals surface area contributed by atoms with Crippen LogP contribution in [0.2, 0.25) is 0 Å². The number of nitrogens with one attached hydrogen (secondary N) is 1. The third-order valence-corrected chi connectivity index (χ3v) is 2.97. The number of aryl methyl sites for hydroxylation is 1. The van der Waals surface area contributed by atoms with Crippen molar-refractivity contribution in [3.8, 4) is 0 Å². The lowest BCUT2D eigenvalue weighted by atomic mass is 10.1. The van der Waals surface area contributed by atoms with Crippen molar-refractivity contribution < 1.29 is 0 Å². The molecule has 0 amide bonds. The summed E-state index contributed by atoms with van der Waals surface area (Å²) in [5.41, 5.74) is 1.36. The summed E-state index contributed by atoms with van der Waals surface area (Å²) in [5, 5.41) is 7.58. The van der Waals surface area contributed by atoms with Crippen LogP contribution in [-0.2, 0) is 6.42 Å². The molecule has 1 aromatic rings. The van der Waals surface area contributed by atoms with Gasteiger partial charge in [0.15, 0.2) is 0 Å². The van der Waals surface area contributed by atoms with E-state index in [4.69, 9.17) is 0 Å². The Bertz CT molecular complexity index is 301. The number of likely N-dealkylation sites (tertiary alicyclic amines) is 1. The van der Waals surface area contributed by atoms with E-state index in [1.807, 2.05) is 13.2 Å². The van der Waals surface area contributed by atoms with Crippen LogP contribution < -0.4 is 5.32 Å². The molecule has 1 fully saturated rings. The number of nitrogens with zero attached hydrogens (tertiary/aromatic N) is 3. The standard InChI is InChI=1S/C11H20N4/c1-12-5-3-4-10-6-13-15(7-10)11-8-14(2)9-11/h6-7,11-12H,3-5,8-9H2,1-2H3. The number of hydrogen-bond donors (Lipinski definition) is 1. The summed E-state index contributed by atoms with van der Waals surface area (Å²) in [7, 11) is 4.14. The van der Waals surface area contributed by atoms with Crippen molar-refractivity contribution in [1.29, 1.82) is 0 Å². The molecule has 0 aromatic carbocycles. The van der Waals surface area contributed by atoms with Crippen molar-refractivity contribution in [1.82, 2.24) is 20.0 Å². The van der Waals surface area contributed by atoms with Crippen LogP contribution in [-0.4, -0.2) is 48.4 Å². The van der Waals surface area contributed by atoms with Gasteiger partial charge >= 0.3 is 0 Å². The molecule has 0 atom stereocenters. The lowest BCUT2D eigenvalue weighted by molar-refractivity contribution is 0.130. The van der Waals surface area contributed by atoms with Crippen LogP contribution in [0, 0.1) is 0 Å². The van der Waals surface area contributed by atoms with Crippen LogP contribution in [0.3, 0.4) is 0 Å². The molecule has 2 heterocycles. The van der Waals surface area contributed by atoms with Gasteiger partial charge in [0.1, 0.15) is 0 Å². The zero-order valence-electron chi connectivity index (χ0n) is 9.61. The Morgan fingerprint density at radius 3 is 3.00 bits per heavy atom. The molecule has 84 valence electrons. The molecule has 4 heteroatoms. The van der Waals surface area contributed by atoms with E-state index in [1.165, 1.54) is 12.0 Å². The molecule has 0 unspecified atom stereocenters. The predicted octanol–water partition coefficient (Wildman–Crippen LogP) is 0.522.